The molecule has 0 amide bonds. The summed E-state index contributed by atoms with van der Waals surface area (Å²) in [6.45, 7) is 5.11. The van der Waals surface area contributed by atoms with Gasteiger partial charge in [-0.25, -0.2) is 8.42 Å². The highest BCUT2D eigenvalue weighted by Crippen LogP contribution is 2.50. The van der Waals surface area contributed by atoms with Gasteiger partial charge < -0.3 is 15.5 Å². The molecule has 0 bridgehead atoms. The van der Waals surface area contributed by atoms with Crippen LogP contribution in [0.15, 0.2) is 75.6 Å². The van der Waals surface area contributed by atoms with E-state index in [0.717, 1.165) is 57.5 Å². The van der Waals surface area contributed by atoms with Gasteiger partial charge in [-0.1, -0.05) is 43.2 Å². The van der Waals surface area contributed by atoms with Gasteiger partial charge in [0.25, 0.3) is 0 Å². The third-order valence-electron chi connectivity index (χ3n) is 9.38. The van der Waals surface area contributed by atoms with Crippen molar-refractivity contribution in [2.45, 2.75) is 48.8 Å². The molecule has 2 aliphatic heterocycles. The number of aliphatic imine (C=N–C) groups is 1. The van der Waals surface area contributed by atoms with Crippen molar-refractivity contribution in [3.8, 4) is 6.07 Å². The Labute approximate surface area is 239 Å². The number of nitrogens with zero attached hydrogens (tertiary/aromatic N) is 4. The Bertz CT molecular complexity index is 1350. The molecule has 0 aromatic heterocycles. The topological polar surface area (TPSA) is 103 Å². The summed E-state index contributed by atoms with van der Waals surface area (Å²) in [4.78, 5) is 8.90. The third-order valence-corrected chi connectivity index (χ3v) is 11.1. The van der Waals surface area contributed by atoms with Gasteiger partial charge in [-0.05, 0) is 80.4 Å². The van der Waals surface area contributed by atoms with E-state index in [0.29, 0.717) is 17.8 Å². The van der Waals surface area contributed by atoms with Crippen LogP contribution in [-0.2, 0) is 15.3 Å². The van der Waals surface area contributed by atoms with E-state index in [1.54, 1.807) is 12.1 Å². The van der Waals surface area contributed by atoms with Gasteiger partial charge >= 0.3 is 0 Å². The molecule has 7 nitrogen and oxygen atoms in total. The molecule has 3 aliphatic rings. The van der Waals surface area contributed by atoms with Crippen molar-refractivity contribution in [1.82, 2.24) is 4.90 Å². The maximum Gasteiger partial charge on any atom is 0.209 e. The number of nitrogens with two attached hydrogens (primary N) is 1. The van der Waals surface area contributed by atoms with Gasteiger partial charge in [-0.3, -0.25) is 4.99 Å². The first-order chi connectivity index (χ1) is 19.4. The van der Waals surface area contributed by atoms with Crippen LogP contribution in [0.3, 0.4) is 0 Å². The van der Waals surface area contributed by atoms with Crippen LogP contribution in [0.25, 0.3) is 0 Å². The fourth-order valence-corrected chi connectivity index (χ4v) is 8.47. The molecule has 2 heterocycles. The third kappa shape index (κ3) is 5.42. The van der Waals surface area contributed by atoms with Crippen molar-refractivity contribution < 1.29 is 8.42 Å². The lowest BCUT2D eigenvalue weighted by atomic mass is 9.60. The number of benzene rings is 2. The highest BCUT2D eigenvalue weighted by Gasteiger charge is 2.48. The molecule has 8 heteroatoms. The SMILES string of the molecule is CN=CC(=CN)S(=O)(=O)c1ccc(N2CC(CN3CCC(C(C#N)(c4ccccc4)C4CCCC4)CC3)C2)cc1. The van der Waals surface area contributed by atoms with Crippen LogP contribution >= 0.6 is 0 Å². The predicted molar refractivity (Wildman–Crippen MR) is 161 cm³/mol. The Kier molecular flexibility index (Phi) is 8.62. The van der Waals surface area contributed by atoms with E-state index in [4.69, 9.17) is 5.73 Å². The molecule has 3 fully saturated rings. The van der Waals surface area contributed by atoms with Crippen molar-refractivity contribution in [2.24, 2.45) is 28.5 Å². The number of anilines is 1. The standard InChI is InChI=1S/C32H41N5O2S/c1-35-20-31(19-33)40(38,39)30-13-11-29(12-14-30)37-22-25(23-37)21-36-17-15-28(16-18-36)32(24-34,27-9-5-6-10-27)26-7-3-2-4-8-26/h2-4,7-8,11-14,19-20,25,27-28H,5-6,9-10,15-18,21-23,33H2,1H3. The number of nitriles is 1. The molecular weight excluding hydrogens is 518 g/mol. The molecule has 0 spiro atoms. The summed E-state index contributed by atoms with van der Waals surface area (Å²) in [5, 5.41) is 10.6. The quantitative estimate of drug-likeness (QED) is 0.445. The molecule has 2 saturated heterocycles. The van der Waals surface area contributed by atoms with Crippen LogP contribution in [0.4, 0.5) is 5.69 Å². The summed E-state index contributed by atoms with van der Waals surface area (Å²) >= 11 is 0. The van der Waals surface area contributed by atoms with Gasteiger partial charge in [0.1, 0.15) is 4.91 Å². The minimum absolute atomic E-state index is 0.00504. The van der Waals surface area contributed by atoms with Crippen LogP contribution in [0.2, 0.25) is 0 Å². The summed E-state index contributed by atoms with van der Waals surface area (Å²) in [6.07, 6.45) is 9.34. The van der Waals surface area contributed by atoms with Crippen LogP contribution in [0, 0.1) is 29.1 Å². The van der Waals surface area contributed by atoms with Crippen LogP contribution < -0.4 is 10.6 Å². The number of hydrogen-bond acceptors (Lipinski definition) is 7. The summed E-state index contributed by atoms with van der Waals surface area (Å²) in [5.74, 6) is 1.47. The first kappa shape index (κ1) is 28.4. The van der Waals surface area contributed by atoms with Crippen LogP contribution in [-0.4, -0.2) is 59.3 Å². The maximum absolute atomic E-state index is 12.8. The van der Waals surface area contributed by atoms with Crippen LogP contribution in [0.1, 0.15) is 44.1 Å². The van der Waals surface area contributed by atoms with Crippen LogP contribution in [0.5, 0.6) is 0 Å². The highest BCUT2D eigenvalue weighted by molar-refractivity contribution is 7.96. The van der Waals surface area contributed by atoms with Gasteiger partial charge in [-0.15, -0.1) is 0 Å². The van der Waals surface area contributed by atoms with E-state index < -0.39 is 9.84 Å². The Morgan fingerprint density at radius 2 is 1.65 bits per heavy atom. The Morgan fingerprint density at radius 1 is 1.02 bits per heavy atom. The van der Waals surface area contributed by atoms with Gasteiger partial charge in [0, 0.05) is 50.7 Å². The number of hydrogen-bond donors (Lipinski definition) is 1. The molecule has 2 aromatic carbocycles. The lowest BCUT2D eigenvalue weighted by Crippen LogP contribution is -2.53. The number of allylic oxidation sites excluding steroid dienone is 1. The Balaban J connectivity index is 1.16. The van der Waals surface area contributed by atoms with Crippen molar-refractivity contribution in [2.75, 3.05) is 44.7 Å². The lowest BCUT2D eigenvalue weighted by Gasteiger charge is -2.47. The zero-order valence-electron chi connectivity index (χ0n) is 23.5. The van der Waals surface area contributed by atoms with Crippen molar-refractivity contribution in [3.05, 3.63) is 71.3 Å². The van der Waals surface area contributed by atoms with E-state index in [-0.39, 0.29) is 15.2 Å². The van der Waals surface area contributed by atoms with E-state index in [1.807, 2.05) is 12.1 Å². The van der Waals surface area contributed by atoms with E-state index in [2.05, 4.69) is 51.2 Å². The summed E-state index contributed by atoms with van der Waals surface area (Å²) < 4.78 is 25.5. The maximum atomic E-state index is 12.8. The molecule has 1 aliphatic carbocycles. The largest absolute Gasteiger partial charge is 0.403 e. The van der Waals surface area contributed by atoms with E-state index in [1.165, 1.54) is 44.5 Å². The second kappa shape index (κ2) is 12.2. The molecule has 1 saturated carbocycles. The lowest BCUT2D eigenvalue weighted by molar-refractivity contribution is 0.103. The van der Waals surface area contributed by atoms with Crippen molar-refractivity contribution >= 4 is 21.7 Å². The molecule has 40 heavy (non-hydrogen) atoms. The molecule has 0 radical (unpaired) electrons. The monoisotopic (exact) mass is 559 g/mol. The first-order valence-corrected chi connectivity index (χ1v) is 16.0. The molecule has 1 unspecified atom stereocenters. The van der Waals surface area contributed by atoms with Crippen molar-refractivity contribution in [3.63, 3.8) is 0 Å². The fraction of sp³-hybridized carbons (Fsp3) is 0.500. The number of piperidine rings is 1. The zero-order chi connectivity index (χ0) is 28.2. The zero-order valence-corrected chi connectivity index (χ0v) is 24.3. The molecule has 5 rings (SSSR count). The fourth-order valence-electron chi connectivity index (χ4n) is 7.28. The average molecular weight is 560 g/mol. The second-order valence-corrected chi connectivity index (χ2v) is 13.6. The minimum Gasteiger partial charge on any atom is -0.403 e. The van der Waals surface area contributed by atoms with Gasteiger partial charge in [0.05, 0.1) is 16.4 Å². The Morgan fingerprint density at radius 3 is 2.23 bits per heavy atom. The predicted octanol–water partition coefficient (Wildman–Crippen LogP) is 4.76. The molecule has 2 N–H and O–H groups in total. The molecular formula is C32H41N5O2S. The summed E-state index contributed by atoms with van der Waals surface area (Å²) in [6, 6.07) is 20.6. The number of sulfone groups is 1. The van der Waals surface area contributed by atoms with E-state index >= 15 is 0 Å². The number of likely N-dealkylation sites (tertiary alicyclic amines) is 1. The summed E-state index contributed by atoms with van der Waals surface area (Å²) in [7, 11) is -2.15. The average Bonchev–Trinajstić information content (AvgIpc) is 3.51. The van der Waals surface area contributed by atoms with E-state index in [9.17, 15) is 13.7 Å². The molecule has 1 atom stereocenters. The minimum atomic E-state index is -3.67. The van der Waals surface area contributed by atoms with Gasteiger partial charge in [-0.2, -0.15) is 5.26 Å². The Hall–Kier alpha value is -3.15. The second-order valence-electron chi connectivity index (χ2n) is 11.6. The van der Waals surface area contributed by atoms with Gasteiger partial charge in [0.15, 0.2) is 0 Å². The van der Waals surface area contributed by atoms with Gasteiger partial charge in [0.2, 0.25) is 9.84 Å². The molecule has 2 aromatic rings. The normalized spacial score (nSPS) is 21.8. The smallest absolute Gasteiger partial charge is 0.209 e. The summed E-state index contributed by atoms with van der Waals surface area (Å²) in [5.41, 5.74) is 7.42. The highest BCUT2D eigenvalue weighted by atomic mass is 32.2. The molecule has 212 valence electrons. The first-order valence-electron chi connectivity index (χ1n) is 14.6. The van der Waals surface area contributed by atoms with Crippen molar-refractivity contribution in [1.29, 1.82) is 5.26 Å². The number of rotatable bonds is 9.